The van der Waals surface area contributed by atoms with Gasteiger partial charge in [-0.2, -0.15) is 0 Å². The molecule has 1 spiro atoms. The summed E-state index contributed by atoms with van der Waals surface area (Å²) in [7, 11) is 2.15. The third kappa shape index (κ3) is 1.17. The largest absolute Gasteiger partial charge is 0.488 e. The number of hydrogen-bond acceptors (Lipinski definition) is 3. The molecule has 5 rings (SSSR count). The number of likely N-dealkylation sites (N-methyl/N-ethyl adjacent to an activating group) is 1. The lowest BCUT2D eigenvalue weighted by molar-refractivity contribution is -0.141. The minimum atomic E-state index is -0.802. The first-order valence-electron chi connectivity index (χ1n) is 8.40. The Kier molecular flexibility index (Phi) is 2.25. The predicted molar refractivity (Wildman–Crippen MR) is 85.3 cm³/mol. The van der Waals surface area contributed by atoms with Gasteiger partial charge in [0.1, 0.15) is 17.5 Å². The number of benzene rings is 1. The maximum atomic E-state index is 11.8. The minimum Gasteiger partial charge on any atom is -0.488 e. The van der Waals surface area contributed by atoms with Crippen LogP contribution in [0.3, 0.4) is 0 Å². The molecule has 2 aliphatic heterocycles. The Morgan fingerprint density at radius 2 is 2.18 bits per heavy atom. The van der Waals surface area contributed by atoms with Crippen molar-refractivity contribution < 1.29 is 9.84 Å². The molecule has 2 heterocycles. The molecule has 1 aromatic rings. The summed E-state index contributed by atoms with van der Waals surface area (Å²) >= 11 is 0. The van der Waals surface area contributed by atoms with Crippen LogP contribution in [0.5, 0.6) is 5.75 Å². The monoisotopic (exact) mass is 297 g/mol. The lowest BCUT2D eigenvalue weighted by Gasteiger charge is -2.61. The van der Waals surface area contributed by atoms with Gasteiger partial charge in [-0.25, -0.2) is 0 Å². The Labute approximate surface area is 131 Å². The quantitative estimate of drug-likeness (QED) is 0.745. The van der Waals surface area contributed by atoms with Gasteiger partial charge >= 0.3 is 0 Å². The van der Waals surface area contributed by atoms with E-state index < -0.39 is 5.60 Å². The summed E-state index contributed by atoms with van der Waals surface area (Å²) in [6.07, 6.45) is 6.21. The normalized spacial score (nSPS) is 44.6. The van der Waals surface area contributed by atoms with Gasteiger partial charge in [0, 0.05) is 17.5 Å². The zero-order chi connectivity index (χ0) is 15.3. The average molecular weight is 297 g/mol. The van der Waals surface area contributed by atoms with E-state index in [2.05, 4.69) is 50.1 Å². The van der Waals surface area contributed by atoms with Gasteiger partial charge in [0.15, 0.2) is 0 Å². The minimum absolute atomic E-state index is 0.0637. The number of hydrogen-bond donors (Lipinski definition) is 1. The summed E-state index contributed by atoms with van der Waals surface area (Å²) in [5, 5.41) is 11.8. The van der Waals surface area contributed by atoms with Crippen molar-refractivity contribution in [2.45, 2.75) is 49.9 Å². The molecule has 4 aliphatic rings. The number of rotatable bonds is 0. The smallest absolute Gasteiger partial charge is 0.127 e. The molecule has 2 aliphatic carbocycles. The molecular weight excluding hydrogens is 274 g/mol. The molecule has 4 unspecified atom stereocenters. The topological polar surface area (TPSA) is 32.7 Å². The van der Waals surface area contributed by atoms with Crippen molar-refractivity contribution in [1.29, 1.82) is 0 Å². The van der Waals surface area contributed by atoms with Crippen molar-refractivity contribution in [2.75, 3.05) is 13.6 Å². The molecule has 5 atom stereocenters. The summed E-state index contributed by atoms with van der Waals surface area (Å²) < 4.78 is 6.49. The van der Waals surface area contributed by atoms with Crippen LogP contribution in [0.2, 0.25) is 0 Å². The van der Waals surface area contributed by atoms with Gasteiger partial charge in [-0.1, -0.05) is 31.2 Å². The summed E-state index contributed by atoms with van der Waals surface area (Å²) in [5.41, 5.74) is 2.85. The van der Waals surface area contributed by atoms with Crippen LogP contribution in [0.4, 0.5) is 0 Å². The van der Waals surface area contributed by atoms with E-state index in [9.17, 15) is 5.11 Å². The first kappa shape index (κ1) is 13.1. The second kappa shape index (κ2) is 3.77. The van der Waals surface area contributed by atoms with E-state index in [-0.39, 0.29) is 17.6 Å². The van der Waals surface area contributed by atoms with Crippen molar-refractivity contribution in [1.82, 2.24) is 4.90 Å². The van der Waals surface area contributed by atoms with Gasteiger partial charge in [0.25, 0.3) is 0 Å². The zero-order valence-corrected chi connectivity index (χ0v) is 13.5. The maximum absolute atomic E-state index is 11.8. The summed E-state index contributed by atoms with van der Waals surface area (Å²) in [6, 6.07) is 4.59. The Balaban J connectivity index is 1.89. The first-order valence-corrected chi connectivity index (χ1v) is 8.40. The Morgan fingerprint density at radius 3 is 3.00 bits per heavy atom. The van der Waals surface area contributed by atoms with E-state index in [0.717, 1.165) is 25.1 Å². The van der Waals surface area contributed by atoms with Crippen LogP contribution in [0.15, 0.2) is 24.3 Å². The van der Waals surface area contributed by atoms with Crippen molar-refractivity contribution in [3.05, 3.63) is 41.0 Å². The van der Waals surface area contributed by atoms with E-state index in [1.807, 2.05) is 0 Å². The second-order valence-electron chi connectivity index (χ2n) is 7.75. The highest BCUT2D eigenvalue weighted by molar-refractivity contribution is 5.61. The van der Waals surface area contributed by atoms with Gasteiger partial charge in [0.2, 0.25) is 0 Å². The fourth-order valence-electron chi connectivity index (χ4n) is 5.68. The fourth-order valence-corrected chi connectivity index (χ4v) is 5.68. The van der Waals surface area contributed by atoms with Crippen molar-refractivity contribution in [2.24, 2.45) is 5.92 Å². The average Bonchev–Trinajstić information content (AvgIpc) is 2.85. The van der Waals surface area contributed by atoms with E-state index in [4.69, 9.17) is 4.74 Å². The predicted octanol–water partition coefficient (Wildman–Crippen LogP) is 2.19. The fraction of sp³-hybridized carbons (Fsp3) is 0.579. The third-order valence-corrected chi connectivity index (χ3v) is 6.78. The standard InChI is InChI=1S/C19H23NO2/c1-11-4-5-13-10-14-19(21)7-6-12(2)17-18(19,8-9-20(14)3)15(13)16(11)22-17/h4-7,12,14,17,21H,8-10H2,1-3H3/t12?,14?,17?,18-,19?/m0/s1. The number of ether oxygens (including phenoxy) is 1. The lowest BCUT2D eigenvalue weighted by atomic mass is 9.50. The molecule has 3 nitrogen and oxygen atoms in total. The van der Waals surface area contributed by atoms with Crippen LogP contribution < -0.4 is 4.74 Å². The highest BCUT2D eigenvalue weighted by atomic mass is 16.5. The number of aryl methyl sites for hydroxylation is 1. The highest BCUT2D eigenvalue weighted by Gasteiger charge is 2.70. The van der Waals surface area contributed by atoms with Crippen molar-refractivity contribution in [3.63, 3.8) is 0 Å². The summed E-state index contributed by atoms with van der Waals surface area (Å²) in [5.74, 6) is 1.39. The van der Waals surface area contributed by atoms with Gasteiger partial charge in [0.05, 0.1) is 5.41 Å². The van der Waals surface area contributed by atoms with Crippen LogP contribution in [0.1, 0.15) is 30.0 Å². The van der Waals surface area contributed by atoms with E-state index >= 15 is 0 Å². The molecular formula is C19H23NO2. The molecule has 116 valence electrons. The van der Waals surface area contributed by atoms with Crippen LogP contribution >= 0.6 is 0 Å². The Hall–Kier alpha value is -1.32. The van der Waals surface area contributed by atoms with Crippen LogP contribution in [-0.2, 0) is 11.8 Å². The zero-order valence-electron chi connectivity index (χ0n) is 13.5. The van der Waals surface area contributed by atoms with Crippen molar-refractivity contribution >= 4 is 0 Å². The van der Waals surface area contributed by atoms with Crippen LogP contribution in [-0.4, -0.2) is 41.3 Å². The molecule has 1 aromatic carbocycles. The number of piperidine rings is 1. The summed E-state index contributed by atoms with van der Waals surface area (Å²) in [6.45, 7) is 5.38. The van der Waals surface area contributed by atoms with E-state index in [1.165, 1.54) is 16.7 Å². The maximum Gasteiger partial charge on any atom is 0.127 e. The molecule has 0 amide bonds. The number of aliphatic hydroxyl groups is 1. The Bertz CT molecular complexity index is 712. The van der Waals surface area contributed by atoms with Gasteiger partial charge in [-0.15, -0.1) is 0 Å². The first-order chi connectivity index (χ1) is 10.5. The van der Waals surface area contributed by atoms with Gasteiger partial charge in [-0.05, 0) is 44.5 Å². The van der Waals surface area contributed by atoms with Crippen molar-refractivity contribution in [3.8, 4) is 5.75 Å². The number of nitrogens with zero attached hydrogens (tertiary/aromatic N) is 1. The molecule has 0 aromatic heterocycles. The molecule has 1 fully saturated rings. The highest BCUT2D eigenvalue weighted by Crippen LogP contribution is 2.63. The molecule has 2 bridgehead atoms. The molecule has 1 N–H and O–H groups in total. The van der Waals surface area contributed by atoms with Crippen LogP contribution in [0.25, 0.3) is 0 Å². The molecule has 0 saturated carbocycles. The molecule has 1 saturated heterocycles. The van der Waals surface area contributed by atoms with Gasteiger partial charge in [-0.3, -0.25) is 4.90 Å². The molecule has 0 radical (unpaired) electrons. The van der Waals surface area contributed by atoms with Gasteiger partial charge < -0.3 is 9.84 Å². The van der Waals surface area contributed by atoms with E-state index in [0.29, 0.717) is 5.92 Å². The third-order valence-electron chi connectivity index (χ3n) is 6.78. The lowest BCUT2D eigenvalue weighted by Crippen LogP contribution is -2.74. The second-order valence-corrected chi connectivity index (χ2v) is 7.75. The summed E-state index contributed by atoms with van der Waals surface area (Å²) in [4.78, 5) is 2.34. The van der Waals surface area contributed by atoms with Crippen LogP contribution in [0, 0.1) is 12.8 Å². The van der Waals surface area contributed by atoms with E-state index in [1.54, 1.807) is 0 Å². The SMILES string of the molecule is Cc1ccc2c3c1OC1C(C)C=CC4(O)C(C2)N(C)CC[C@]314. The molecule has 22 heavy (non-hydrogen) atoms. The Morgan fingerprint density at radius 1 is 1.36 bits per heavy atom. The number of likely N-dealkylation sites (tertiary alicyclic amines) is 1. The molecule has 3 heteroatoms.